The Morgan fingerprint density at radius 3 is 1.77 bits per heavy atom. The van der Waals surface area contributed by atoms with Gasteiger partial charge in [-0.2, -0.15) is 0 Å². The lowest BCUT2D eigenvalue weighted by Gasteiger charge is -2.24. The number of amides is 2. The highest BCUT2D eigenvalue weighted by molar-refractivity contribution is 5.79. The van der Waals surface area contributed by atoms with Crippen LogP contribution in [0.2, 0.25) is 0 Å². The molecule has 0 heterocycles. The Morgan fingerprint density at radius 1 is 0.641 bits per heavy atom. The van der Waals surface area contributed by atoms with Crippen molar-refractivity contribution in [2.45, 2.75) is 103 Å². The van der Waals surface area contributed by atoms with Gasteiger partial charge in [0, 0.05) is 52.1 Å². The standard InChI is InChI=1S/C28H59N9O2/c1-3-4-5-6-11-18-33-25(38)16-24-37(22-15-10-8-13-20-35-28(31)32)26(39)17-23-36(2)21-14-9-7-12-19-34-27(29)30/h3-24H2,1-2H3,(H,33,38)(H4,29,30,34)(H4,31,32,35). The summed E-state index contributed by atoms with van der Waals surface area (Å²) < 4.78 is 0. The molecule has 0 aromatic rings. The van der Waals surface area contributed by atoms with E-state index in [9.17, 15) is 9.59 Å². The number of nitrogens with one attached hydrogen (secondary N) is 1. The molecule has 0 spiro atoms. The third kappa shape index (κ3) is 25.5. The second kappa shape index (κ2) is 25.7. The minimum Gasteiger partial charge on any atom is -0.370 e. The summed E-state index contributed by atoms with van der Waals surface area (Å²) in [5, 5.41) is 3.01. The monoisotopic (exact) mass is 553 g/mol. The smallest absolute Gasteiger partial charge is 0.223 e. The summed E-state index contributed by atoms with van der Waals surface area (Å²) in [6.45, 7) is 7.02. The lowest BCUT2D eigenvalue weighted by molar-refractivity contribution is -0.132. The molecule has 0 fully saturated rings. The Labute approximate surface area is 237 Å². The largest absolute Gasteiger partial charge is 0.370 e. The molecule has 228 valence electrons. The van der Waals surface area contributed by atoms with Gasteiger partial charge in [-0.25, -0.2) is 0 Å². The fraction of sp³-hybridized carbons (Fsp3) is 0.857. The van der Waals surface area contributed by atoms with Crippen molar-refractivity contribution in [2.24, 2.45) is 32.9 Å². The van der Waals surface area contributed by atoms with E-state index in [1.165, 1.54) is 19.3 Å². The van der Waals surface area contributed by atoms with Gasteiger partial charge in [-0.15, -0.1) is 0 Å². The van der Waals surface area contributed by atoms with Crippen LogP contribution < -0.4 is 28.3 Å². The molecule has 39 heavy (non-hydrogen) atoms. The van der Waals surface area contributed by atoms with Crippen LogP contribution >= 0.6 is 0 Å². The van der Waals surface area contributed by atoms with Crippen LogP contribution in [-0.2, 0) is 9.59 Å². The van der Waals surface area contributed by atoms with Crippen LogP contribution in [-0.4, -0.2) is 86.4 Å². The highest BCUT2D eigenvalue weighted by Crippen LogP contribution is 2.07. The summed E-state index contributed by atoms with van der Waals surface area (Å²) >= 11 is 0. The number of carbonyl (C=O) groups excluding carboxylic acids is 2. The molecule has 0 aromatic heterocycles. The highest BCUT2D eigenvalue weighted by atomic mass is 16.2. The summed E-state index contributed by atoms with van der Waals surface area (Å²) in [7, 11) is 2.06. The molecule has 0 atom stereocenters. The second-order valence-corrected chi connectivity index (χ2v) is 10.4. The van der Waals surface area contributed by atoms with Gasteiger partial charge in [0.25, 0.3) is 0 Å². The third-order valence-electron chi connectivity index (χ3n) is 6.64. The second-order valence-electron chi connectivity index (χ2n) is 10.4. The average Bonchev–Trinajstić information content (AvgIpc) is 2.89. The first-order chi connectivity index (χ1) is 18.8. The van der Waals surface area contributed by atoms with Crippen LogP contribution in [0, 0.1) is 0 Å². The van der Waals surface area contributed by atoms with Gasteiger partial charge >= 0.3 is 0 Å². The molecule has 0 saturated carbocycles. The summed E-state index contributed by atoms with van der Waals surface area (Å²) in [5.41, 5.74) is 21.4. The van der Waals surface area contributed by atoms with Crippen LogP contribution in [0.5, 0.6) is 0 Å². The zero-order valence-electron chi connectivity index (χ0n) is 25.0. The van der Waals surface area contributed by atoms with Crippen molar-refractivity contribution in [1.82, 2.24) is 15.1 Å². The molecule has 0 saturated heterocycles. The van der Waals surface area contributed by atoms with Crippen LogP contribution in [0.25, 0.3) is 0 Å². The van der Waals surface area contributed by atoms with Crippen molar-refractivity contribution < 1.29 is 9.59 Å². The first-order valence-electron chi connectivity index (χ1n) is 15.1. The molecule has 11 heteroatoms. The van der Waals surface area contributed by atoms with Crippen molar-refractivity contribution in [3.8, 4) is 0 Å². The quantitative estimate of drug-likeness (QED) is 0.0618. The third-order valence-corrected chi connectivity index (χ3v) is 6.64. The molecule has 11 nitrogen and oxygen atoms in total. The van der Waals surface area contributed by atoms with Gasteiger partial charge in [-0.05, 0) is 45.7 Å². The van der Waals surface area contributed by atoms with Gasteiger partial charge in [-0.1, -0.05) is 58.3 Å². The number of rotatable bonds is 26. The van der Waals surface area contributed by atoms with Gasteiger partial charge in [-0.3, -0.25) is 19.6 Å². The average molecular weight is 554 g/mol. The highest BCUT2D eigenvalue weighted by Gasteiger charge is 2.15. The van der Waals surface area contributed by atoms with E-state index in [-0.39, 0.29) is 23.7 Å². The Bertz CT molecular complexity index is 678. The molecule has 0 aliphatic rings. The number of carbonyl (C=O) groups is 2. The van der Waals surface area contributed by atoms with Gasteiger partial charge in [0.1, 0.15) is 0 Å². The number of hydrogen-bond acceptors (Lipinski definition) is 5. The first-order valence-corrected chi connectivity index (χ1v) is 15.1. The Kier molecular flexibility index (Phi) is 24.0. The molecule has 2 amide bonds. The molecular weight excluding hydrogens is 494 g/mol. The fourth-order valence-corrected chi connectivity index (χ4v) is 4.23. The first kappa shape index (κ1) is 36.4. The van der Waals surface area contributed by atoms with Crippen molar-refractivity contribution in [3.63, 3.8) is 0 Å². The molecule has 0 bridgehead atoms. The lowest BCUT2D eigenvalue weighted by Crippen LogP contribution is -2.37. The number of aliphatic imine (C=N–C) groups is 2. The Balaban J connectivity index is 4.42. The Morgan fingerprint density at radius 2 is 1.18 bits per heavy atom. The van der Waals surface area contributed by atoms with E-state index in [2.05, 4.69) is 34.2 Å². The van der Waals surface area contributed by atoms with Crippen LogP contribution in [0.4, 0.5) is 0 Å². The van der Waals surface area contributed by atoms with Crippen LogP contribution in [0.15, 0.2) is 9.98 Å². The molecule has 9 N–H and O–H groups in total. The summed E-state index contributed by atoms with van der Waals surface area (Å²) in [6.07, 6.45) is 14.7. The number of nitrogens with two attached hydrogens (primary N) is 4. The SMILES string of the molecule is CCCCCCCNC(=O)CCN(CCCCCCN=C(N)N)C(=O)CCN(C)CCCCCCN=C(N)N. The molecule has 0 aliphatic heterocycles. The van der Waals surface area contributed by atoms with Gasteiger partial charge in [0.2, 0.25) is 11.8 Å². The minimum atomic E-state index is 0.0254. The predicted molar refractivity (Wildman–Crippen MR) is 163 cm³/mol. The maximum atomic E-state index is 13.1. The van der Waals surface area contributed by atoms with Crippen LogP contribution in [0.1, 0.15) is 103 Å². The van der Waals surface area contributed by atoms with Gasteiger partial charge < -0.3 is 38.1 Å². The fourth-order valence-electron chi connectivity index (χ4n) is 4.23. The lowest BCUT2D eigenvalue weighted by atomic mass is 10.1. The summed E-state index contributed by atoms with van der Waals surface area (Å²) in [6, 6.07) is 0. The Hall–Kier alpha value is -2.56. The van der Waals surface area contributed by atoms with E-state index in [0.717, 1.165) is 70.8 Å². The number of unbranched alkanes of at least 4 members (excludes halogenated alkanes) is 10. The predicted octanol–water partition coefficient (Wildman–Crippen LogP) is 2.28. The van der Waals surface area contributed by atoms with Crippen molar-refractivity contribution >= 4 is 23.7 Å². The van der Waals surface area contributed by atoms with Gasteiger partial charge in [0.05, 0.1) is 0 Å². The molecule has 0 rings (SSSR count). The normalized spacial score (nSPS) is 10.8. The van der Waals surface area contributed by atoms with E-state index in [1.807, 2.05) is 4.90 Å². The van der Waals surface area contributed by atoms with E-state index in [1.54, 1.807) is 0 Å². The molecule has 0 unspecified atom stereocenters. The topological polar surface area (TPSA) is 181 Å². The summed E-state index contributed by atoms with van der Waals surface area (Å²) in [4.78, 5) is 37.5. The van der Waals surface area contributed by atoms with Crippen molar-refractivity contribution in [3.05, 3.63) is 0 Å². The van der Waals surface area contributed by atoms with Gasteiger partial charge in [0.15, 0.2) is 11.9 Å². The van der Waals surface area contributed by atoms with E-state index >= 15 is 0 Å². The zero-order valence-corrected chi connectivity index (χ0v) is 25.0. The number of hydrogen-bond donors (Lipinski definition) is 5. The number of guanidine groups is 2. The molecular formula is C28H59N9O2. The van der Waals surface area contributed by atoms with Crippen molar-refractivity contribution in [2.75, 3.05) is 52.9 Å². The van der Waals surface area contributed by atoms with E-state index in [4.69, 9.17) is 22.9 Å². The maximum absolute atomic E-state index is 13.1. The molecule has 0 aliphatic carbocycles. The van der Waals surface area contributed by atoms with E-state index in [0.29, 0.717) is 52.1 Å². The maximum Gasteiger partial charge on any atom is 0.223 e. The van der Waals surface area contributed by atoms with E-state index < -0.39 is 0 Å². The van der Waals surface area contributed by atoms with Crippen molar-refractivity contribution in [1.29, 1.82) is 0 Å². The summed E-state index contributed by atoms with van der Waals surface area (Å²) in [5.74, 6) is 0.415. The minimum absolute atomic E-state index is 0.0254. The number of nitrogens with zero attached hydrogens (tertiary/aromatic N) is 4. The zero-order chi connectivity index (χ0) is 29.1. The van der Waals surface area contributed by atoms with Crippen LogP contribution in [0.3, 0.4) is 0 Å². The molecule has 0 aromatic carbocycles. The molecule has 0 radical (unpaired) electrons.